The maximum atomic E-state index is 5.28. The first-order chi connectivity index (χ1) is 7.20. The van der Waals surface area contributed by atoms with Crippen molar-refractivity contribution < 1.29 is 0 Å². The van der Waals surface area contributed by atoms with Crippen LogP contribution in [-0.4, -0.2) is 9.98 Å². The van der Waals surface area contributed by atoms with Crippen LogP contribution in [0, 0.1) is 0 Å². The Morgan fingerprint density at radius 3 is 1.87 bits per heavy atom. The average molecular weight is 240 g/mol. The SMILES string of the molecule is NNC(=S)C(C(=S)NN)c1ccccc1. The Hall–Kier alpha value is -1.08. The molecule has 4 nitrogen and oxygen atoms in total. The minimum atomic E-state index is -0.286. The van der Waals surface area contributed by atoms with E-state index in [0.717, 1.165) is 5.56 Å². The minimum absolute atomic E-state index is 0.286. The molecule has 0 bridgehead atoms. The van der Waals surface area contributed by atoms with Crippen molar-refractivity contribution in [3.8, 4) is 0 Å². The number of nitrogens with two attached hydrogens (primary N) is 2. The summed E-state index contributed by atoms with van der Waals surface area (Å²) in [5.74, 6) is 10.3. The molecule has 1 rings (SSSR count). The van der Waals surface area contributed by atoms with Gasteiger partial charge in [0.2, 0.25) is 0 Å². The fourth-order valence-electron chi connectivity index (χ4n) is 1.23. The highest BCUT2D eigenvalue weighted by Gasteiger charge is 2.20. The zero-order chi connectivity index (χ0) is 11.3. The van der Waals surface area contributed by atoms with Gasteiger partial charge in [-0.05, 0) is 5.56 Å². The van der Waals surface area contributed by atoms with Gasteiger partial charge in [0.05, 0.1) is 5.92 Å². The fraction of sp³-hybridized carbons (Fsp3) is 0.111. The Balaban J connectivity index is 3.02. The van der Waals surface area contributed by atoms with E-state index in [-0.39, 0.29) is 5.92 Å². The van der Waals surface area contributed by atoms with Crippen molar-refractivity contribution >= 4 is 34.4 Å². The van der Waals surface area contributed by atoms with E-state index in [1.165, 1.54) is 0 Å². The van der Waals surface area contributed by atoms with Gasteiger partial charge in [-0.25, -0.2) is 0 Å². The van der Waals surface area contributed by atoms with E-state index in [1.807, 2.05) is 30.3 Å². The lowest BCUT2D eigenvalue weighted by Gasteiger charge is -2.18. The standard InChI is InChI=1S/C9H12N4S2/c10-12-8(14)7(9(15)13-11)6-4-2-1-3-5-6/h1-5,7H,10-11H2,(H,12,14)(H,13,15). The Labute approximate surface area is 99.0 Å². The predicted molar refractivity (Wildman–Crippen MR) is 69.0 cm³/mol. The van der Waals surface area contributed by atoms with Crippen molar-refractivity contribution in [2.45, 2.75) is 5.92 Å². The van der Waals surface area contributed by atoms with Crippen LogP contribution in [0.4, 0.5) is 0 Å². The van der Waals surface area contributed by atoms with E-state index >= 15 is 0 Å². The number of rotatable bonds is 3. The molecule has 0 heterocycles. The molecule has 0 radical (unpaired) electrons. The van der Waals surface area contributed by atoms with Crippen LogP contribution in [0.1, 0.15) is 11.5 Å². The van der Waals surface area contributed by atoms with Crippen LogP contribution in [0.2, 0.25) is 0 Å². The van der Waals surface area contributed by atoms with Crippen LogP contribution < -0.4 is 22.5 Å². The minimum Gasteiger partial charge on any atom is -0.317 e. The third-order valence-corrected chi connectivity index (χ3v) is 2.65. The monoisotopic (exact) mass is 240 g/mol. The zero-order valence-electron chi connectivity index (χ0n) is 7.94. The Morgan fingerprint density at radius 2 is 1.47 bits per heavy atom. The summed E-state index contributed by atoms with van der Waals surface area (Å²) in [6.07, 6.45) is 0. The summed E-state index contributed by atoms with van der Waals surface area (Å²) >= 11 is 10.2. The number of hydrogen-bond donors (Lipinski definition) is 4. The number of nitrogens with one attached hydrogen (secondary N) is 2. The maximum absolute atomic E-state index is 5.28. The average Bonchev–Trinajstić information content (AvgIpc) is 2.30. The van der Waals surface area contributed by atoms with E-state index in [4.69, 9.17) is 36.1 Å². The Kier molecular flexibility index (Phi) is 4.57. The molecule has 0 aliphatic heterocycles. The first kappa shape index (κ1) is 12.0. The normalized spacial score (nSPS) is 9.80. The summed E-state index contributed by atoms with van der Waals surface area (Å²) in [5.41, 5.74) is 5.80. The first-order valence-corrected chi connectivity index (χ1v) is 5.08. The molecule has 0 saturated carbocycles. The summed E-state index contributed by atoms with van der Waals surface area (Å²) in [4.78, 5) is 0.869. The van der Waals surface area contributed by atoms with Crippen LogP contribution >= 0.6 is 24.4 Å². The lowest BCUT2D eigenvalue weighted by atomic mass is 9.99. The molecule has 0 aliphatic rings. The quantitative estimate of drug-likeness (QED) is 0.347. The summed E-state index contributed by atoms with van der Waals surface area (Å²) < 4.78 is 0. The fourth-order valence-corrected chi connectivity index (χ4v) is 1.82. The third-order valence-electron chi connectivity index (χ3n) is 1.94. The molecule has 0 unspecified atom stereocenters. The largest absolute Gasteiger partial charge is 0.317 e. The number of thiocarbonyl (C=S) groups is 2. The molecule has 0 saturated heterocycles. The van der Waals surface area contributed by atoms with Crippen molar-refractivity contribution in [3.63, 3.8) is 0 Å². The van der Waals surface area contributed by atoms with Gasteiger partial charge in [0.25, 0.3) is 0 Å². The Bertz CT molecular complexity index is 336. The van der Waals surface area contributed by atoms with Crippen LogP contribution in [0.3, 0.4) is 0 Å². The van der Waals surface area contributed by atoms with E-state index in [2.05, 4.69) is 10.9 Å². The molecular weight excluding hydrogens is 228 g/mol. The van der Waals surface area contributed by atoms with E-state index in [1.54, 1.807) is 0 Å². The molecule has 6 heteroatoms. The van der Waals surface area contributed by atoms with E-state index in [0.29, 0.717) is 9.98 Å². The van der Waals surface area contributed by atoms with Gasteiger partial charge in [0.15, 0.2) is 0 Å². The highest BCUT2D eigenvalue weighted by Crippen LogP contribution is 2.17. The molecule has 0 atom stereocenters. The summed E-state index contributed by atoms with van der Waals surface area (Å²) in [7, 11) is 0. The van der Waals surface area contributed by atoms with Crippen molar-refractivity contribution in [3.05, 3.63) is 35.9 Å². The Morgan fingerprint density at radius 1 is 1.00 bits per heavy atom. The number of hydrazine groups is 2. The van der Waals surface area contributed by atoms with E-state index in [9.17, 15) is 0 Å². The third kappa shape index (κ3) is 2.93. The van der Waals surface area contributed by atoms with Gasteiger partial charge < -0.3 is 10.9 Å². The predicted octanol–water partition coefficient (Wildman–Crippen LogP) is 0.352. The molecule has 0 fully saturated rings. The molecule has 0 aromatic heterocycles. The summed E-state index contributed by atoms with van der Waals surface area (Å²) in [6.45, 7) is 0. The molecule has 1 aromatic carbocycles. The number of benzene rings is 1. The van der Waals surface area contributed by atoms with Gasteiger partial charge in [-0.1, -0.05) is 54.8 Å². The lowest BCUT2D eigenvalue weighted by molar-refractivity contribution is 0.951. The zero-order valence-corrected chi connectivity index (χ0v) is 9.57. The van der Waals surface area contributed by atoms with Crippen molar-refractivity contribution in [1.82, 2.24) is 10.9 Å². The summed E-state index contributed by atoms with van der Waals surface area (Å²) in [6, 6.07) is 9.55. The van der Waals surface area contributed by atoms with Gasteiger partial charge in [0.1, 0.15) is 9.98 Å². The van der Waals surface area contributed by atoms with E-state index < -0.39 is 0 Å². The highest BCUT2D eigenvalue weighted by atomic mass is 32.1. The second kappa shape index (κ2) is 5.72. The van der Waals surface area contributed by atoms with Gasteiger partial charge in [0, 0.05) is 0 Å². The molecule has 0 spiro atoms. The van der Waals surface area contributed by atoms with Crippen LogP contribution in [0.15, 0.2) is 30.3 Å². The van der Waals surface area contributed by atoms with Crippen LogP contribution in [0.25, 0.3) is 0 Å². The lowest BCUT2D eigenvalue weighted by Crippen LogP contribution is -2.42. The number of hydrogen-bond acceptors (Lipinski definition) is 4. The molecule has 0 aliphatic carbocycles. The smallest absolute Gasteiger partial charge is 0.104 e. The van der Waals surface area contributed by atoms with Gasteiger partial charge in [-0.2, -0.15) is 0 Å². The molecule has 6 N–H and O–H groups in total. The second-order valence-electron chi connectivity index (χ2n) is 2.86. The summed E-state index contributed by atoms with van der Waals surface area (Å²) in [5, 5.41) is 0. The van der Waals surface area contributed by atoms with Gasteiger partial charge >= 0.3 is 0 Å². The molecule has 80 valence electrons. The molecular formula is C9H12N4S2. The van der Waals surface area contributed by atoms with Crippen LogP contribution in [0.5, 0.6) is 0 Å². The van der Waals surface area contributed by atoms with Gasteiger partial charge in [-0.3, -0.25) is 11.7 Å². The first-order valence-electron chi connectivity index (χ1n) is 4.26. The highest BCUT2D eigenvalue weighted by molar-refractivity contribution is 7.82. The van der Waals surface area contributed by atoms with Crippen LogP contribution in [-0.2, 0) is 0 Å². The van der Waals surface area contributed by atoms with Crippen molar-refractivity contribution in [2.75, 3.05) is 0 Å². The molecule has 0 amide bonds. The topological polar surface area (TPSA) is 76.1 Å². The second-order valence-corrected chi connectivity index (χ2v) is 3.74. The molecule has 1 aromatic rings. The van der Waals surface area contributed by atoms with Crippen molar-refractivity contribution in [2.24, 2.45) is 11.7 Å². The van der Waals surface area contributed by atoms with Gasteiger partial charge in [-0.15, -0.1) is 0 Å². The van der Waals surface area contributed by atoms with Crippen molar-refractivity contribution in [1.29, 1.82) is 0 Å². The maximum Gasteiger partial charge on any atom is 0.104 e. The molecule has 15 heavy (non-hydrogen) atoms.